The molecule has 110 valence electrons. The maximum absolute atomic E-state index is 12.9. The van der Waals surface area contributed by atoms with Gasteiger partial charge in [-0.1, -0.05) is 0 Å². The molecule has 2 N–H and O–H groups in total. The van der Waals surface area contributed by atoms with E-state index < -0.39 is 0 Å². The smallest absolute Gasteiger partial charge is 0.256 e. The Balaban J connectivity index is 2.39. The Hall–Kier alpha value is -1.71. The van der Waals surface area contributed by atoms with E-state index in [1.807, 2.05) is 36.0 Å². The van der Waals surface area contributed by atoms with Crippen molar-refractivity contribution in [2.24, 2.45) is 0 Å². The Kier molecular flexibility index (Phi) is 4.21. The van der Waals surface area contributed by atoms with E-state index in [2.05, 4.69) is 13.8 Å². The molecule has 20 heavy (non-hydrogen) atoms. The largest absolute Gasteiger partial charge is 0.399 e. The molecule has 2 atom stereocenters. The molecule has 1 saturated heterocycles. The summed E-state index contributed by atoms with van der Waals surface area (Å²) in [6, 6.07) is 6.15. The normalized spacial score (nSPS) is 22.7. The standard InChI is InChI=1S/C16H25N3O/c1-11-6-5-7-12(2)19(11)16(20)14-10-13(17)8-9-15(14)18(3)4/h8-12H,5-7,17H2,1-4H3/t11-,12-/m0/s1. The molecule has 1 aliphatic rings. The Labute approximate surface area is 121 Å². The fourth-order valence-corrected chi connectivity index (χ4v) is 3.08. The summed E-state index contributed by atoms with van der Waals surface area (Å²) in [5.74, 6) is 0.0979. The molecule has 1 aromatic carbocycles. The topological polar surface area (TPSA) is 49.6 Å². The first-order valence-electron chi connectivity index (χ1n) is 7.31. The quantitative estimate of drug-likeness (QED) is 0.844. The van der Waals surface area contributed by atoms with Gasteiger partial charge >= 0.3 is 0 Å². The second kappa shape index (κ2) is 5.73. The summed E-state index contributed by atoms with van der Waals surface area (Å²) in [4.78, 5) is 16.9. The SMILES string of the molecule is C[C@H]1CCC[C@H](C)N1C(=O)c1cc(N)ccc1N(C)C. The summed E-state index contributed by atoms with van der Waals surface area (Å²) in [5, 5.41) is 0. The molecule has 0 unspecified atom stereocenters. The third-order valence-electron chi connectivity index (χ3n) is 4.16. The Bertz CT molecular complexity index is 488. The van der Waals surface area contributed by atoms with Crippen LogP contribution in [-0.4, -0.2) is 37.0 Å². The van der Waals surface area contributed by atoms with Crippen molar-refractivity contribution in [3.8, 4) is 0 Å². The number of likely N-dealkylation sites (tertiary alicyclic amines) is 1. The number of nitrogen functional groups attached to an aromatic ring is 1. The number of nitrogens with two attached hydrogens (primary N) is 1. The second-order valence-corrected chi connectivity index (χ2v) is 6.01. The number of carbonyl (C=O) groups is 1. The van der Waals surface area contributed by atoms with Gasteiger partial charge in [-0.25, -0.2) is 0 Å². The highest BCUT2D eigenvalue weighted by molar-refractivity contribution is 6.01. The molecule has 1 amide bonds. The average Bonchev–Trinajstić information content (AvgIpc) is 2.37. The van der Waals surface area contributed by atoms with E-state index in [-0.39, 0.29) is 5.91 Å². The molecule has 1 aromatic rings. The molecular weight excluding hydrogens is 250 g/mol. The number of benzene rings is 1. The van der Waals surface area contributed by atoms with Crippen LogP contribution in [0.4, 0.5) is 11.4 Å². The first-order valence-corrected chi connectivity index (χ1v) is 7.31. The molecule has 0 spiro atoms. The van der Waals surface area contributed by atoms with Crippen molar-refractivity contribution in [3.05, 3.63) is 23.8 Å². The molecule has 2 rings (SSSR count). The van der Waals surface area contributed by atoms with E-state index in [1.165, 1.54) is 6.42 Å². The average molecular weight is 275 g/mol. The van der Waals surface area contributed by atoms with E-state index >= 15 is 0 Å². The van der Waals surface area contributed by atoms with Gasteiger partial charge in [0.1, 0.15) is 0 Å². The fourth-order valence-electron chi connectivity index (χ4n) is 3.08. The number of hydrogen-bond donors (Lipinski definition) is 1. The summed E-state index contributed by atoms with van der Waals surface area (Å²) in [6.07, 6.45) is 3.36. The molecular formula is C16H25N3O. The van der Waals surface area contributed by atoms with Gasteiger partial charge < -0.3 is 15.5 Å². The van der Waals surface area contributed by atoms with E-state index in [0.717, 1.165) is 18.5 Å². The van der Waals surface area contributed by atoms with Crippen molar-refractivity contribution in [1.29, 1.82) is 0 Å². The highest BCUT2D eigenvalue weighted by Crippen LogP contribution is 2.29. The lowest BCUT2D eigenvalue weighted by Crippen LogP contribution is -2.47. The molecule has 1 fully saturated rings. The molecule has 4 heteroatoms. The highest BCUT2D eigenvalue weighted by Gasteiger charge is 2.31. The van der Waals surface area contributed by atoms with Gasteiger partial charge in [0.05, 0.1) is 5.56 Å². The minimum Gasteiger partial charge on any atom is -0.399 e. The number of hydrogen-bond acceptors (Lipinski definition) is 3. The van der Waals surface area contributed by atoms with E-state index in [0.29, 0.717) is 23.3 Å². The fraction of sp³-hybridized carbons (Fsp3) is 0.562. The summed E-state index contributed by atoms with van der Waals surface area (Å²) in [7, 11) is 3.90. The zero-order valence-electron chi connectivity index (χ0n) is 12.9. The summed E-state index contributed by atoms with van der Waals surface area (Å²) in [6.45, 7) is 4.27. The maximum atomic E-state index is 12.9. The number of anilines is 2. The van der Waals surface area contributed by atoms with Crippen LogP contribution < -0.4 is 10.6 Å². The predicted molar refractivity (Wildman–Crippen MR) is 84.1 cm³/mol. The first-order chi connectivity index (χ1) is 9.41. The minimum atomic E-state index is 0.0979. The summed E-state index contributed by atoms with van der Waals surface area (Å²) < 4.78 is 0. The summed E-state index contributed by atoms with van der Waals surface area (Å²) >= 11 is 0. The lowest BCUT2D eigenvalue weighted by atomic mass is 9.96. The Morgan fingerprint density at radius 1 is 1.25 bits per heavy atom. The van der Waals surface area contributed by atoms with Crippen LogP contribution in [0.3, 0.4) is 0 Å². The number of carbonyl (C=O) groups excluding carboxylic acids is 1. The van der Waals surface area contributed by atoms with Gasteiger partial charge in [0.2, 0.25) is 0 Å². The van der Waals surface area contributed by atoms with Crippen molar-refractivity contribution in [1.82, 2.24) is 4.90 Å². The zero-order chi connectivity index (χ0) is 14.9. The van der Waals surface area contributed by atoms with Crippen molar-refractivity contribution < 1.29 is 4.79 Å². The molecule has 1 aliphatic heterocycles. The maximum Gasteiger partial charge on any atom is 0.256 e. The van der Waals surface area contributed by atoms with Crippen molar-refractivity contribution in [2.75, 3.05) is 24.7 Å². The van der Waals surface area contributed by atoms with Crippen LogP contribution in [0.1, 0.15) is 43.5 Å². The van der Waals surface area contributed by atoms with Gasteiger partial charge in [-0.15, -0.1) is 0 Å². The molecule has 0 saturated carbocycles. The van der Waals surface area contributed by atoms with E-state index in [1.54, 1.807) is 6.07 Å². The monoisotopic (exact) mass is 275 g/mol. The number of amides is 1. The lowest BCUT2D eigenvalue weighted by Gasteiger charge is -2.39. The van der Waals surface area contributed by atoms with Crippen LogP contribution in [0.5, 0.6) is 0 Å². The van der Waals surface area contributed by atoms with Gasteiger partial charge in [-0.2, -0.15) is 0 Å². The minimum absolute atomic E-state index is 0.0979. The van der Waals surface area contributed by atoms with Gasteiger partial charge in [0, 0.05) is 37.6 Å². The predicted octanol–water partition coefficient (Wildman–Crippen LogP) is 2.74. The summed E-state index contributed by atoms with van der Waals surface area (Å²) in [5.41, 5.74) is 8.14. The lowest BCUT2D eigenvalue weighted by molar-refractivity contribution is 0.0511. The van der Waals surface area contributed by atoms with Crippen LogP contribution in [0, 0.1) is 0 Å². The van der Waals surface area contributed by atoms with Crippen LogP contribution in [0.25, 0.3) is 0 Å². The Morgan fingerprint density at radius 3 is 2.40 bits per heavy atom. The molecule has 0 radical (unpaired) electrons. The van der Waals surface area contributed by atoms with Crippen LogP contribution in [0.2, 0.25) is 0 Å². The van der Waals surface area contributed by atoms with Crippen molar-refractivity contribution in [3.63, 3.8) is 0 Å². The number of nitrogens with zero attached hydrogens (tertiary/aromatic N) is 2. The molecule has 0 aromatic heterocycles. The third kappa shape index (κ3) is 2.74. The van der Waals surface area contributed by atoms with Crippen molar-refractivity contribution in [2.45, 2.75) is 45.2 Å². The third-order valence-corrected chi connectivity index (χ3v) is 4.16. The number of piperidine rings is 1. The zero-order valence-corrected chi connectivity index (χ0v) is 12.9. The number of rotatable bonds is 2. The van der Waals surface area contributed by atoms with Gasteiger partial charge in [-0.05, 0) is 51.3 Å². The van der Waals surface area contributed by atoms with Crippen molar-refractivity contribution >= 4 is 17.3 Å². The molecule has 0 aliphatic carbocycles. The molecule has 0 bridgehead atoms. The molecule has 4 nitrogen and oxygen atoms in total. The van der Waals surface area contributed by atoms with Gasteiger partial charge in [0.15, 0.2) is 0 Å². The first kappa shape index (κ1) is 14.7. The highest BCUT2D eigenvalue weighted by atomic mass is 16.2. The van der Waals surface area contributed by atoms with Crippen LogP contribution in [-0.2, 0) is 0 Å². The van der Waals surface area contributed by atoms with E-state index in [4.69, 9.17) is 5.73 Å². The van der Waals surface area contributed by atoms with Crippen LogP contribution >= 0.6 is 0 Å². The second-order valence-electron chi connectivity index (χ2n) is 6.01. The van der Waals surface area contributed by atoms with E-state index in [9.17, 15) is 4.79 Å². The van der Waals surface area contributed by atoms with Gasteiger partial charge in [-0.3, -0.25) is 4.79 Å². The molecule has 1 heterocycles. The Morgan fingerprint density at radius 2 is 1.85 bits per heavy atom. The van der Waals surface area contributed by atoms with Gasteiger partial charge in [0.25, 0.3) is 5.91 Å². The van der Waals surface area contributed by atoms with Crippen LogP contribution in [0.15, 0.2) is 18.2 Å².